The number of amides is 1. The quantitative estimate of drug-likeness (QED) is 0.541. The van der Waals surface area contributed by atoms with Crippen molar-refractivity contribution >= 4 is 28.0 Å². The van der Waals surface area contributed by atoms with Gasteiger partial charge in [-0.25, -0.2) is 9.59 Å². The summed E-state index contributed by atoms with van der Waals surface area (Å²) < 4.78 is 16.2. The Balaban J connectivity index is 2.74. The van der Waals surface area contributed by atoms with E-state index in [1.807, 2.05) is 34.6 Å². The molecule has 1 atom stereocenters. The van der Waals surface area contributed by atoms with Gasteiger partial charge in [0, 0.05) is 0 Å². The molecule has 0 aliphatic carbocycles. The van der Waals surface area contributed by atoms with E-state index in [1.54, 1.807) is 11.0 Å². The summed E-state index contributed by atoms with van der Waals surface area (Å²) in [5, 5.41) is 0. The molecule has 0 spiro atoms. The van der Waals surface area contributed by atoms with Crippen LogP contribution in [0.25, 0.3) is 0 Å². The highest BCUT2D eigenvalue weighted by Gasteiger charge is 2.45. The lowest BCUT2D eigenvalue weighted by Crippen LogP contribution is -2.49. The van der Waals surface area contributed by atoms with Gasteiger partial charge in [0.1, 0.15) is 11.3 Å². The molecule has 1 aliphatic heterocycles. The van der Waals surface area contributed by atoms with Gasteiger partial charge in [0.2, 0.25) is 0 Å². The monoisotopic (exact) mass is 391 g/mol. The molecule has 23 heavy (non-hydrogen) atoms. The summed E-state index contributed by atoms with van der Waals surface area (Å²) in [5.74, 6) is -0.419. The highest BCUT2D eigenvalue weighted by molar-refractivity contribution is 9.12. The van der Waals surface area contributed by atoms with Crippen LogP contribution < -0.4 is 0 Å². The summed E-state index contributed by atoms with van der Waals surface area (Å²) in [7, 11) is 1.33. The fourth-order valence-corrected chi connectivity index (χ4v) is 2.75. The zero-order valence-electron chi connectivity index (χ0n) is 14.6. The highest BCUT2D eigenvalue weighted by atomic mass is 79.9. The van der Waals surface area contributed by atoms with Crippen LogP contribution in [-0.4, -0.2) is 48.0 Å². The van der Waals surface area contributed by atoms with Gasteiger partial charge in [-0.1, -0.05) is 6.08 Å². The van der Waals surface area contributed by atoms with Gasteiger partial charge in [0.15, 0.2) is 0 Å². The number of halogens is 1. The summed E-state index contributed by atoms with van der Waals surface area (Å²) in [6, 6.07) is -0.103. The number of rotatable bonds is 4. The minimum absolute atomic E-state index is 0.103. The molecule has 1 heterocycles. The predicted molar refractivity (Wildman–Crippen MR) is 90.2 cm³/mol. The standard InChI is InChI=1S/C16H26BrNO5/c1-15(2,3)23-14(20)18-11(10-22-16(18,4)5)8-7-9-12(17)13(19)21-6/h9,11H,7-8,10H2,1-6H3/b12-9+/t11-/m1/s1. The van der Waals surface area contributed by atoms with E-state index < -0.39 is 17.3 Å². The summed E-state index contributed by atoms with van der Waals surface area (Å²) in [4.78, 5) is 25.4. The van der Waals surface area contributed by atoms with E-state index in [1.165, 1.54) is 7.11 Å². The van der Waals surface area contributed by atoms with E-state index >= 15 is 0 Å². The van der Waals surface area contributed by atoms with Gasteiger partial charge in [-0.05, 0) is 63.4 Å². The van der Waals surface area contributed by atoms with E-state index in [4.69, 9.17) is 9.47 Å². The third-order valence-electron chi connectivity index (χ3n) is 3.37. The second-order valence-corrected chi connectivity index (χ2v) is 7.74. The van der Waals surface area contributed by atoms with Crippen LogP contribution in [0, 0.1) is 0 Å². The summed E-state index contributed by atoms with van der Waals surface area (Å²) in [6.45, 7) is 9.63. The minimum Gasteiger partial charge on any atom is -0.465 e. The van der Waals surface area contributed by atoms with Gasteiger partial charge in [-0.3, -0.25) is 4.90 Å². The first-order valence-corrected chi connectivity index (χ1v) is 8.37. The maximum Gasteiger partial charge on any atom is 0.412 e. The van der Waals surface area contributed by atoms with Crippen LogP contribution in [0.5, 0.6) is 0 Å². The van der Waals surface area contributed by atoms with Gasteiger partial charge in [0.25, 0.3) is 0 Å². The first-order valence-electron chi connectivity index (χ1n) is 7.58. The van der Waals surface area contributed by atoms with Crippen molar-refractivity contribution in [2.24, 2.45) is 0 Å². The largest absolute Gasteiger partial charge is 0.465 e. The summed E-state index contributed by atoms with van der Waals surface area (Å²) in [6.07, 6.45) is 2.62. The van der Waals surface area contributed by atoms with E-state index in [-0.39, 0.29) is 12.1 Å². The van der Waals surface area contributed by atoms with Crippen molar-refractivity contribution in [3.05, 3.63) is 10.6 Å². The third-order valence-corrected chi connectivity index (χ3v) is 4.02. The zero-order chi connectivity index (χ0) is 17.8. The van der Waals surface area contributed by atoms with E-state index in [0.717, 1.165) is 0 Å². The number of carbonyl (C=O) groups excluding carboxylic acids is 2. The molecule has 0 bridgehead atoms. The normalized spacial score (nSPS) is 21.3. The minimum atomic E-state index is -0.712. The van der Waals surface area contributed by atoms with Crippen molar-refractivity contribution < 1.29 is 23.8 Å². The molecule has 0 aromatic rings. The van der Waals surface area contributed by atoms with Gasteiger partial charge in [-0.2, -0.15) is 0 Å². The molecule has 1 rings (SSSR count). The average molecular weight is 392 g/mol. The summed E-state index contributed by atoms with van der Waals surface area (Å²) in [5.41, 5.74) is -1.27. The second kappa shape index (κ2) is 7.66. The summed E-state index contributed by atoms with van der Waals surface area (Å²) >= 11 is 3.17. The van der Waals surface area contributed by atoms with E-state index in [2.05, 4.69) is 20.7 Å². The van der Waals surface area contributed by atoms with Gasteiger partial charge < -0.3 is 14.2 Å². The van der Waals surface area contributed by atoms with Crippen LogP contribution in [0.15, 0.2) is 10.6 Å². The number of methoxy groups -OCH3 is 1. The lowest BCUT2D eigenvalue weighted by molar-refractivity contribution is -0.135. The van der Waals surface area contributed by atoms with Crippen LogP contribution in [0.2, 0.25) is 0 Å². The number of ether oxygens (including phenoxy) is 3. The Hall–Kier alpha value is -1.08. The molecule has 0 N–H and O–H groups in total. The average Bonchev–Trinajstić information content (AvgIpc) is 2.70. The van der Waals surface area contributed by atoms with Crippen LogP contribution in [0.4, 0.5) is 4.79 Å². The van der Waals surface area contributed by atoms with Crippen molar-refractivity contribution in [1.82, 2.24) is 4.90 Å². The van der Waals surface area contributed by atoms with E-state index in [9.17, 15) is 9.59 Å². The molecular formula is C16H26BrNO5. The third kappa shape index (κ3) is 5.80. The van der Waals surface area contributed by atoms with Gasteiger partial charge in [-0.15, -0.1) is 0 Å². The Kier molecular flexibility index (Phi) is 6.65. The van der Waals surface area contributed by atoms with E-state index in [0.29, 0.717) is 23.9 Å². The van der Waals surface area contributed by atoms with Gasteiger partial charge in [0.05, 0.1) is 24.2 Å². The first kappa shape index (κ1) is 20.0. The fraction of sp³-hybridized carbons (Fsp3) is 0.750. The molecule has 0 unspecified atom stereocenters. The molecule has 0 radical (unpaired) electrons. The van der Waals surface area contributed by atoms with Gasteiger partial charge >= 0.3 is 12.1 Å². The Bertz CT molecular complexity index is 481. The molecule has 7 heteroatoms. The molecule has 132 valence electrons. The SMILES string of the molecule is COC(=O)/C(Br)=C\CC[C@@H]1COC(C)(C)N1C(=O)OC(C)(C)C. The number of nitrogens with zero attached hydrogens (tertiary/aromatic N) is 1. The molecule has 1 saturated heterocycles. The number of carbonyl (C=O) groups is 2. The maximum atomic E-state index is 12.5. The molecule has 0 aromatic heterocycles. The lowest BCUT2D eigenvalue weighted by Gasteiger charge is -2.35. The molecular weight excluding hydrogens is 366 g/mol. The topological polar surface area (TPSA) is 65.1 Å². The number of allylic oxidation sites excluding steroid dienone is 1. The Morgan fingerprint density at radius 3 is 2.52 bits per heavy atom. The number of hydrogen-bond acceptors (Lipinski definition) is 5. The molecule has 6 nitrogen and oxygen atoms in total. The van der Waals surface area contributed by atoms with Crippen LogP contribution in [-0.2, 0) is 19.0 Å². The predicted octanol–water partition coefficient (Wildman–Crippen LogP) is 3.59. The molecule has 1 aliphatic rings. The fourth-order valence-electron chi connectivity index (χ4n) is 2.36. The molecule has 1 fully saturated rings. The maximum absolute atomic E-state index is 12.5. The molecule has 0 aromatic carbocycles. The molecule has 0 saturated carbocycles. The number of hydrogen-bond donors (Lipinski definition) is 0. The van der Waals surface area contributed by atoms with Crippen LogP contribution >= 0.6 is 15.9 Å². The second-order valence-electron chi connectivity index (χ2n) is 6.88. The molecule has 1 amide bonds. The lowest BCUT2D eigenvalue weighted by atomic mass is 10.1. The first-order chi connectivity index (χ1) is 10.5. The van der Waals surface area contributed by atoms with Crippen molar-refractivity contribution in [1.29, 1.82) is 0 Å². The van der Waals surface area contributed by atoms with Crippen molar-refractivity contribution in [3.8, 4) is 0 Å². The van der Waals surface area contributed by atoms with Crippen molar-refractivity contribution in [3.63, 3.8) is 0 Å². The highest BCUT2D eigenvalue weighted by Crippen LogP contribution is 2.31. The smallest absolute Gasteiger partial charge is 0.412 e. The van der Waals surface area contributed by atoms with Crippen LogP contribution in [0.3, 0.4) is 0 Å². The van der Waals surface area contributed by atoms with Crippen molar-refractivity contribution in [2.45, 2.75) is 64.8 Å². The zero-order valence-corrected chi connectivity index (χ0v) is 16.2. The Labute approximate surface area is 146 Å². The number of esters is 1. The van der Waals surface area contributed by atoms with Crippen LogP contribution in [0.1, 0.15) is 47.5 Å². The Morgan fingerprint density at radius 2 is 2.00 bits per heavy atom. The van der Waals surface area contributed by atoms with Crippen molar-refractivity contribution in [2.75, 3.05) is 13.7 Å². The Morgan fingerprint density at radius 1 is 1.39 bits per heavy atom.